The van der Waals surface area contributed by atoms with Crippen LogP contribution in [-0.4, -0.2) is 62.5 Å². The highest BCUT2D eigenvalue weighted by Gasteiger charge is 2.28. The van der Waals surface area contributed by atoms with E-state index < -0.39 is 16.0 Å². The number of aromatic amines is 1. The fourth-order valence-corrected chi connectivity index (χ4v) is 6.11. The van der Waals surface area contributed by atoms with E-state index in [1.807, 2.05) is 0 Å². The number of morpholine rings is 1. The minimum absolute atomic E-state index is 0.175. The largest absolute Gasteiger partial charge is 0.462 e. The minimum Gasteiger partial charge on any atom is -0.462 e. The molecule has 1 saturated heterocycles. The van der Waals surface area contributed by atoms with Gasteiger partial charge in [-0.1, -0.05) is 0 Å². The zero-order valence-electron chi connectivity index (χ0n) is 17.1. The number of aromatic nitrogens is 1. The molecule has 2 aromatic heterocycles. The zero-order valence-corrected chi connectivity index (χ0v) is 18.7. The van der Waals surface area contributed by atoms with Gasteiger partial charge in [-0.2, -0.15) is 4.31 Å². The van der Waals surface area contributed by atoms with Gasteiger partial charge in [-0.25, -0.2) is 13.2 Å². The van der Waals surface area contributed by atoms with Crippen LogP contribution in [-0.2, 0) is 26.0 Å². The van der Waals surface area contributed by atoms with E-state index in [1.165, 1.54) is 4.31 Å². The average Bonchev–Trinajstić information content (AvgIpc) is 3.32. The summed E-state index contributed by atoms with van der Waals surface area (Å²) in [6.07, 6.45) is 0. The second-order valence-electron chi connectivity index (χ2n) is 6.77. The lowest BCUT2D eigenvalue weighted by molar-refractivity contribution is 0.0525. The highest BCUT2D eigenvalue weighted by Crippen LogP contribution is 2.26. The molecule has 0 saturated carbocycles. The Bertz CT molecular complexity index is 1030. The number of sulfonamides is 1. The molecule has 11 heteroatoms. The van der Waals surface area contributed by atoms with Gasteiger partial charge in [0.2, 0.25) is 0 Å². The van der Waals surface area contributed by atoms with Gasteiger partial charge in [0, 0.05) is 23.7 Å². The number of rotatable bonds is 7. The Morgan fingerprint density at radius 3 is 2.63 bits per heavy atom. The summed E-state index contributed by atoms with van der Waals surface area (Å²) in [6.45, 7) is 6.97. The van der Waals surface area contributed by atoms with Crippen molar-refractivity contribution in [2.75, 3.05) is 32.9 Å². The molecule has 0 atom stereocenters. The van der Waals surface area contributed by atoms with Crippen molar-refractivity contribution >= 4 is 33.2 Å². The van der Waals surface area contributed by atoms with Crippen LogP contribution in [0.3, 0.4) is 0 Å². The van der Waals surface area contributed by atoms with Crippen LogP contribution < -0.4 is 5.32 Å². The molecule has 3 heterocycles. The maximum absolute atomic E-state index is 12.7. The summed E-state index contributed by atoms with van der Waals surface area (Å²) >= 11 is 1.13. The molecule has 0 spiro atoms. The molecule has 1 amide bonds. The molecule has 2 N–H and O–H groups in total. The van der Waals surface area contributed by atoms with Gasteiger partial charge in [0.15, 0.2) is 0 Å². The molecular weight excluding hydrogens is 430 g/mol. The molecular formula is C19H25N3O6S2. The smallest absolute Gasteiger partial charge is 0.340 e. The molecule has 0 aliphatic carbocycles. The van der Waals surface area contributed by atoms with Crippen molar-refractivity contribution in [1.82, 2.24) is 14.6 Å². The van der Waals surface area contributed by atoms with Gasteiger partial charge in [0.25, 0.3) is 15.9 Å². The number of thiophene rings is 1. The molecule has 0 aromatic carbocycles. The van der Waals surface area contributed by atoms with Gasteiger partial charge in [-0.05, 0) is 38.5 Å². The van der Waals surface area contributed by atoms with E-state index in [0.29, 0.717) is 48.0 Å². The summed E-state index contributed by atoms with van der Waals surface area (Å²) in [7, 11) is -3.55. The Balaban J connectivity index is 1.68. The van der Waals surface area contributed by atoms with Crippen molar-refractivity contribution in [3.05, 3.63) is 39.5 Å². The summed E-state index contributed by atoms with van der Waals surface area (Å²) in [5.41, 5.74) is 1.72. The Morgan fingerprint density at radius 2 is 1.97 bits per heavy atom. The average molecular weight is 456 g/mol. The quantitative estimate of drug-likeness (QED) is 0.615. The number of amides is 1. The van der Waals surface area contributed by atoms with Gasteiger partial charge < -0.3 is 19.8 Å². The van der Waals surface area contributed by atoms with Crippen LogP contribution in [0.25, 0.3) is 0 Å². The molecule has 9 nitrogen and oxygen atoms in total. The first-order chi connectivity index (χ1) is 14.3. The van der Waals surface area contributed by atoms with Gasteiger partial charge in [0.1, 0.15) is 9.90 Å². The maximum Gasteiger partial charge on any atom is 0.340 e. The summed E-state index contributed by atoms with van der Waals surface area (Å²) in [6, 6.07) is 3.25. The first-order valence-electron chi connectivity index (χ1n) is 9.56. The van der Waals surface area contributed by atoms with Crippen molar-refractivity contribution in [3.63, 3.8) is 0 Å². The van der Waals surface area contributed by atoms with E-state index in [9.17, 15) is 18.0 Å². The first-order valence-corrected chi connectivity index (χ1v) is 11.8. The predicted octanol–water partition coefficient (Wildman–Crippen LogP) is 1.82. The van der Waals surface area contributed by atoms with Crippen LogP contribution in [0.5, 0.6) is 0 Å². The van der Waals surface area contributed by atoms with Gasteiger partial charge in [0.05, 0.1) is 31.9 Å². The van der Waals surface area contributed by atoms with Crippen LogP contribution >= 0.6 is 11.3 Å². The fraction of sp³-hybridized carbons (Fsp3) is 0.474. The molecule has 164 valence electrons. The fourth-order valence-electron chi connectivity index (χ4n) is 3.25. The Morgan fingerprint density at radius 1 is 1.27 bits per heavy atom. The van der Waals surface area contributed by atoms with Gasteiger partial charge in [-0.3, -0.25) is 4.79 Å². The summed E-state index contributed by atoms with van der Waals surface area (Å²) < 4.78 is 37.3. The van der Waals surface area contributed by atoms with Crippen LogP contribution in [0, 0.1) is 13.8 Å². The van der Waals surface area contributed by atoms with Gasteiger partial charge in [-0.15, -0.1) is 11.3 Å². The Labute approximate surface area is 179 Å². The highest BCUT2D eigenvalue weighted by molar-refractivity contribution is 7.91. The lowest BCUT2D eigenvalue weighted by atomic mass is 10.1. The third kappa shape index (κ3) is 4.59. The van der Waals surface area contributed by atoms with E-state index in [0.717, 1.165) is 11.3 Å². The topological polar surface area (TPSA) is 118 Å². The third-order valence-electron chi connectivity index (χ3n) is 4.77. The SMILES string of the molecule is CCOC(=O)c1c(C)[nH]c(C(=O)NCc2ccc(S(=O)(=O)N3CCOCC3)s2)c1C. The van der Waals surface area contributed by atoms with Gasteiger partial charge >= 0.3 is 5.97 Å². The van der Waals surface area contributed by atoms with Crippen molar-refractivity contribution in [2.45, 2.75) is 31.5 Å². The Kier molecular flexibility index (Phi) is 6.96. The minimum atomic E-state index is -3.55. The first kappa shape index (κ1) is 22.5. The predicted molar refractivity (Wildman–Crippen MR) is 111 cm³/mol. The number of ether oxygens (including phenoxy) is 2. The lowest BCUT2D eigenvalue weighted by Gasteiger charge is -2.25. The van der Waals surface area contributed by atoms with Crippen molar-refractivity contribution in [1.29, 1.82) is 0 Å². The van der Waals surface area contributed by atoms with E-state index >= 15 is 0 Å². The second kappa shape index (κ2) is 9.29. The van der Waals surface area contributed by atoms with Crippen LogP contribution in [0.4, 0.5) is 0 Å². The molecule has 30 heavy (non-hydrogen) atoms. The number of nitrogens with zero attached hydrogens (tertiary/aromatic N) is 1. The third-order valence-corrected chi connectivity index (χ3v) is 8.22. The number of hydrogen-bond donors (Lipinski definition) is 2. The highest BCUT2D eigenvalue weighted by atomic mass is 32.2. The number of aryl methyl sites for hydroxylation is 1. The number of carbonyl (C=O) groups is 2. The summed E-state index contributed by atoms with van der Waals surface area (Å²) in [5, 5.41) is 2.77. The standard InChI is InChI=1S/C19H25N3O6S2/c1-4-28-19(24)16-12(2)17(21-13(16)3)18(23)20-11-14-5-6-15(29-14)30(25,26)22-7-9-27-10-8-22/h5-6,21H,4,7-11H2,1-3H3,(H,20,23). The summed E-state index contributed by atoms with van der Waals surface area (Å²) in [5.74, 6) is -0.851. The van der Waals surface area contributed by atoms with Crippen molar-refractivity contribution in [2.24, 2.45) is 0 Å². The lowest BCUT2D eigenvalue weighted by Crippen LogP contribution is -2.40. The normalized spacial score (nSPS) is 15.2. The molecule has 3 rings (SSSR count). The number of nitrogens with one attached hydrogen (secondary N) is 2. The molecule has 0 radical (unpaired) electrons. The van der Waals surface area contributed by atoms with E-state index in [4.69, 9.17) is 9.47 Å². The second-order valence-corrected chi connectivity index (χ2v) is 10.1. The van der Waals surface area contributed by atoms with E-state index in [-0.39, 0.29) is 29.0 Å². The van der Waals surface area contributed by atoms with Crippen LogP contribution in [0.1, 0.15) is 43.9 Å². The zero-order chi connectivity index (χ0) is 21.9. The van der Waals surface area contributed by atoms with Crippen LogP contribution in [0.15, 0.2) is 16.3 Å². The molecule has 2 aromatic rings. The monoisotopic (exact) mass is 455 g/mol. The number of esters is 1. The number of H-pyrrole nitrogens is 1. The molecule has 1 aliphatic heterocycles. The Hall–Kier alpha value is -2.21. The van der Waals surface area contributed by atoms with Crippen LogP contribution in [0.2, 0.25) is 0 Å². The van der Waals surface area contributed by atoms with Crippen molar-refractivity contribution in [3.8, 4) is 0 Å². The van der Waals surface area contributed by atoms with Crippen molar-refractivity contribution < 1.29 is 27.5 Å². The molecule has 1 aliphatic rings. The molecule has 1 fully saturated rings. The summed E-state index contributed by atoms with van der Waals surface area (Å²) in [4.78, 5) is 28.3. The van der Waals surface area contributed by atoms with E-state index in [1.54, 1.807) is 32.9 Å². The molecule has 0 unspecified atom stereocenters. The number of hydrogen-bond acceptors (Lipinski definition) is 7. The maximum atomic E-state index is 12.7. The number of carbonyl (C=O) groups excluding carboxylic acids is 2. The molecule has 0 bridgehead atoms. The van der Waals surface area contributed by atoms with E-state index in [2.05, 4.69) is 10.3 Å².